The first-order valence-electron chi connectivity index (χ1n) is 5.57. The monoisotopic (exact) mass is 190 g/mol. The van der Waals surface area contributed by atoms with Crippen LogP contribution in [0.25, 0.3) is 0 Å². The lowest BCUT2D eigenvalue weighted by atomic mass is 9.97. The van der Waals surface area contributed by atoms with Crippen LogP contribution in [-0.4, -0.2) is 5.11 Å². The van der Waals surface area contributed by atoms with Gasteiger partial charge < -0.3 is 5.11 Å². The van der Waals surface area contributed by atoms with Crippen LogP contribution < -0.4 is 0 Å². The molecular formula is C13H18O. The molecule has 0 aliphatic heterocycles. The predicted octanol–water partition coefficient (Wildman–Crippen LogP) is 3.01. The maximum absolute atomic E-state index is 9.09. The van der Waals surface area contributed by atoms with Gasteiger partial charge in [0, 0.05) is 0 Å². The second-order valence-corrected chi connectivity index (χ2v) is 4.22. The maximum Gasteiger partial charge on any atom is 0.0681 e. The van der Waals surface area contributed by atoms with Gasteiger partial charge in [-0.05, 0) is 41.9 Å². The highest BCUT2D eigenvalue weighted by atomic mass is 16.3. The molecule has 1 aromatic carbocycles. The van der Waals surface area contributed by atoms with E-state index < -0.39 is 0 Å². The molecule has 0 atom stereocenters. The fourth-order valence-corrected chi connectivity index (χ4v) is 2.01. The van der Waals surface area contributed by atoms with Crippen molar-refractivity contribution in [2.45, 2.75) is 45.1 Å². The number of hydrogen-bond donors (Lipinski definition) is 1. The molecule has 1 heteroatoms. The van der Waals surface area contributed by atoms with Gasteiger partial charge in [0.2, 0.25) is 0 Å². The van der Waals surface area contributed by atoms with Crippen LogP contribution >= 0.6 is 0 Å². The third-order valence-corrected chi connectivity index (χ3v) is 2.93. The van der Waals surface area contributed by atoms with Crippen LogP contribution in [0.15, 0.2) is 18.2 Å². The summed E-state index contributed by atoms with van der Waals surface area (Å²) >= 11 is 0. The summed E-state index contributed by atoms with van der Waals surface area (Å²) in [5, 5.41) is 9.09. The van der Waals surface area contributed by atoms with Crippen LogP contribution in [0.3, 0.4) is 0 Å². The van der Waals surface area contributed by atoms with Gasteiger partial charge in [-0.2, -0.15) is 0 Å². The second-order valence-electron chi connectivity index (χ2n) is 4.22. The summed E-state index contributed by atoms with van der Waals surface area (Å²) < 4.78 is 0. The quantitative estimate of drug-likeness (QED) is 0.773. The lowest BCUT2D eigenvalue weighted by Crippen LogP contribution is -1.94. The molecule has 1 aromatic rings. The minimum atomic E-state index is 0.173. The van der Waals surface area contributed by atoms with Crippen molar-refractivity contribution in [1.29, 1.82) is 0 Å². The van der Waals surface area contributed by atoms with Gasteiger partial charge in [-0.1, -0.05) is 31.5 Å². The number of aryl methyl sites for hydroxylation is 1. The van der Waals surface area contributed by atoms with E-state index in [2.05, 4.69) is 25.1 Å². The summed E-state index contributed by atoms with van der Waals surface area (Å²) in [6, 6.07) is 6.45. The highest BCUT2D eigenvalue weighted by Crippen LogP contribution is 2.42. The van der Waals surface area contributed by atoms with Crippen LogP contribution in [0.2, 0.25) is 0 Å². The van der Waals surface area contributed by atoms with Crippen LogP contribution in [0.5, 0.6) is 0 Å². The highest BCUT2D eigenvalue weighted by Gasteiger charge is 2.25. The van der Waals surface area contributed by atoms with Crippen LogP contribution in [0.4, 0.5) is 0 Å². The van der Waals surface area contributed by atoms with Gasteiger partial charge in [0.15, 0.2) is 0 Å². The van der Waals surface area contributed by atoms with Gasteiger partial charge in [0.25, 0.3) is 0 Å². The first-order chi connectivity index (χ1) is 6.85. The first kappa shape index (κ1) is 9.72. The number of aliphatic hydroxyl groups excluding tert-OH is 1. The SMILES string of the molecule is CCCc1ccc(CO)cc1C1CC1. The third-order valence-electron chi connectivity index (χ3n) is 2.93. The normalized spacial score (nSPS) is 15.9. The Hall–Kier alpha value is -0.820. The van der Waals surface area contributed by atoms with E-state index >= 15 is 0 Å². The molecule has 0 aromatic heterocycles. The fraction of sp³-hybridized carbons (Fsp3) is 0.538. The molecule has 1 aliphatic carbocycles. The summed E-state index contributed by atoms with van der Waals surface area (Å²) in [5.74, 6) is 0.794. The Morgan fingerprint density at radius 3 is 2.71 bits per heavy atom. The number of rotatable bonds is 4. The van der Waals surface area contributed by atoms with Gasteiger partial charge in [-0.3, -0.25) is 0 Å². The van der Waals surface area contributed by atoms with E-state index in [1.165, 1.54) is 36.8 Å². The van der Waals surface area contributed by atoms with Crippen LogP contribution in [0, 0.1) is 0 Å². The fourth-order valence-electron chi connectivity index (χ4n) is 2.01. The van der Waals surface area contributed by atoms with Crippen molar-refractivity contribution in [2.24, 2.45) is 0 Å². The first-order valence-corrected chi connectivity index (χ1v) is 5.57. The van der Waals surface area contributed by atoms with Crippen molar-refractivity contribution in [3.05, 3.63) is 34.9 Å². The van der Waals surface area contributed by atoms with Gasteiger partial charge in [-0.25, -0.2) is 0 Å². The summed E-state index contributed by atoms with van der Waals surface area (Å²) in [5.41, 5.74) is 4.05. The van der Waals surface area contributed by atoms with Crippen molar-refractivity contribution in [1.82, 2.24) is 0 Å². The second kappa shape index (κ2) is 4.14. The van der Waals surface area contributed by atoms with E-state index in [9.17, 15) is 0 Å². The van der Waals surface area contributed by atoms with E-state index in [1.54, 1.807) is 0 Å². The van der Waals surface area contributed by atoms with E-state index in [0.717, 1.165) is 11.5 Å². The Morgan fingerprint density at radius 1 is 1.36 bits per heavy atom. The topological polar surface area (TPSA) is 20.2 Å². The van der Waals surface area contributed by atoms with Crippen molar-refractivity contribution < 1.29 is 5.11 Å². The number of aliphatic hydroxyl groups is 1. The number of benzene rings is 1. The minimum absolute atomic E-state index is 0.173. The lowest BCUT2D eigenvalue weighted by molar-refractivity contribution is 0.281. The Labute approximate surface area is 85.8 Å². The molecule has 0 amide bonds. The summed E-state index contributed by atoms with van der Waals surface area (Å²) in [7, 11) is 0. The zero-order valence-corrected chi connectivity index (χ0v) is 8.79. The third kappa shape index (κ3) is 1.98. The Kier molecular flexibility index (Phi) is 2.87. The smallest absolute Gasteiger partial charge is 0.0681 e. The average molecular weight is 190 g/mol. The molecule has 0 saturated heterocycles. The molecule has 1 fully saturated rings. The largest absolute Gasteiger partial charge is 0.392 e. The Morgan fingerprint density at radius 2 is 2.14 bits per heavy atom. The molecule has 0 unspecified atom stereocenters. The molecule has 0 spiro atoms. The van der Waals surface area contributed by atoms with Crippen LogP contribution in [0.1, 0.15) is 48.8 Å². The van der Waals surface area contributed by atoms with Crippen LogP contribution in [-0.2, 0) is 13.0 Å². The van der Waals surface area contributed by atoms with Crippen molar-refractivity contribution in [2.75, 3.05) is 0 Å². The summed E-state index contributed by atoms with van der Waals surface area (Å²) in [6.45, 7) is 2.39. The molecule has 1 saturated carbocycles. The molecule has 2 rings (SSSR count). The summed E-state index contributed by atoms with van der Waals surface area (Å²) in [4.78, 5) is 0. The average Bonchev–Trinajstić information content (AvgIpc) is 3.02. The maximum atomic E-state index is 9.09. The standard InChI is InChI=1S/C13H18O/c1-2-3-11-5-4-10(9-14)8-13(11)12-6-7-12/h4-5,8,12,14H,2-3,6-7,9H2,1H3. The van der Waals surface area contributed by atoms with E-state index in [-0.39, 0.29) is 6.61 Å². The van der Waals surface area contributed by atoms with E-state index in [0.29, 0.717) is 0 Å². The molecule has 76 valence electrons. The molecule has 0 radical (unpaired) electrons. The Bertz CT molecular complexity index is 313. The molecule has 14 heavy (non-hydrogen) atoms. The van der Waals surface area contributed by atoms with Gasteiger partial charge >= 0.3 is 0 Å². The zero-order chi connectivity index (χ0) is 9.97. The van der Waals surface area contributed by atoms with Crippen molar-refractivity contribution >= 4 is 0 Å². The molecule has 1 nitrogen and oxygen atoms in total. The van der Waals surface area contributed by atoms with E-state index in [1.807, 2.05) is 0 Å². The Balaban J connectivity index is 2.29. The lowest BCUT2D eigenvalue weighted by Gasteiger charge is -2.09. The van der Waals surface area contributed by atoms with Crippen molar-refractivity contribution in [3.8, 4) is 0 Å². The highest BCUT2D eigenvalue weighted by molar-refractivity contribution is 5.37. The predicted molar refractivity (Wildman–Crippen MR) is 58.3 cm³/mol. The molecule has 0 bridgehead atoms. The zero-order valence-electron chi connectivity index (χ0n) is 8.79. The molecule has 1 N–H and O–H groups in total. The van der Waals surface area contributed by atoms with Gasteiger partial charge in [-0.15, -0.1) is 0 Å². The minimum Gasteiger partial charge on any atom is -0.392 e. The summed E-state index contributed by atoms with van der Waals surface area (Å²) in [6.07, 6.45) is 5.06. The molecule has 0 heterocycles. The van der Waals surface area contributed by atoms with Gasteiger partial charge in [0.1, 0.15) is 0 Å². The molecular weight excluding hydrogens is 172 g/mol. The van der Waals surface area contributed by atoms with Crippen molar-refractivity contribution in [3.63, 3.8) is 0 Å². The van der Waals surface area contributed by atoms with Gasteiger partial charge in [0.05, 0.1) is 6.61 Å². The molecule has 1 aliphatic rings. The number of hydrogen-bond acceptors (Lipinski definition) is 1. The van der Waals surface area contributed by atoms with E-state index in [4.69, 9.17) is 5.11 Å².